The van der Waals surface area contributed by atoms with E-state index in [0.717, 1.165) is 91.7 Å². The second-order valence-corrected chi connectivity index (χ2v) is 32.5. The zero-order valence-corrected chi connectivity index (χ0v) is 67.5. The minimum absolute atomic E-state index is 0.0596. The van der Waals surface area contributed by atoms with Crippen molar-refractivity contribution in [1.82, 2.24) is 19.6 Å². The van der Waals surface area contributed by atoms with Crippen LogP contribution >= 0.6 is 0 Å². The number of aldehydes is 1. The summed E-state index contributed by atoms with van der Waals surface area (Å²) >= 11 is 0. The smallest absolute Gasteiger partial charge is 0.508 e. The van der Waals surface area contributed by atoms with Crippen LogP contribution in [-0.4, -0.2) is 259 Å². The molecule has 0 saturated carbocycles. The van der Waals surface area contributed by atoms with Crippen LogP contribution in [0.3, 0.4) is 0 Å². The number of aliphatic hydroxyl groups is 2. The zero-order chi connectivity index (χ0) is 91.4. The fourth-order valence-electron chi connectivity index (χ4n) is 7.66. The van der Waals surface area contributed by atoms with Crippen LogP contribution in [0.4, 0.5) is 102 Å². The quantitative estimate of drug-likeness (QED) is 0.0171. The predicted molar refractivity (Wildman–Crippen MR) is 375 cm³/mol. The van der Waals surface area contributed by atoms with Crippen molar-refractivity contribution < 1.29 is 182 Å². The molecule has 3 aromatic carbocycles. The number of ether oxygens (including phenoxy) is 3. The van der Waals surface area contributed by atoms with E-state index in [0.29, 0.717) is 38.1 Å². The number of urea groups is 2. The highest BCUT2D eigenvalue weighted by Crippen LogP contribution is 2.35. The third kappa shape index (κ3) is 46.5. The molecule has 6 rings (SSSR count). The molecular formula is C64H92F21N7O20S4. The number of hydrogen-bond donors (Lipinski definition) is 4. The number of β-amino-alcohol motifs (C(OH)–C–C–N with tert-alkyl or cyclic N) is 1. The highest BCUT2D eigenvalue weighted by atomic mass is 32.3. The molecular weight excluding hydrogens is 1710 g/mol. The maximum absolute atomic E-state index is 14.1. The standard InChI is InChI=1S/C16H22F3NO3.C12H15N.C7H4F2O2.C7H14FNO.C6H12N4O2.2C5H8F4O3S.C4H9FO.C2F6O5S2/c1-21-16(22-2)15-13(18)8-12(9-14(15)19)23-11-4-7-20(10-11)6-3-5-17;1-9(13)8-11-7-6-10-4-2-3-5-12(10)11;8-6-1-4(11)2-7(9)5(6)3-10;8-3-1-4-9-5-2-7(10)6-9;1-9(2)5(11)7-8-6(12)10(3)4;2*1-4(2,6)3-12-13(10,11)5(7,8)9;1-4(2,5)3-6;3-1(4,5)14(9,10)13-15(11,12)2(6,7)8/h8-9,11,16H,3-7,10H2,1-2H3;2-5,7,9H,6,8,13H2,1H3;1-3,11H;7,10H,1-6H2;1-4H3;2*3H2,1-2H3;6H,3H2,1-2H3;/t11-;;;;;;;;/m0......../s1. The Morgan fingerprint density at radius 1 is 0.612 bits per heavy atom. The molecule has 0 spiro atoms. The normalized spacial score (nSPS) is 15.8. The molecule has 1 aliphatic carbocycles. The molecule has 3 aromatic rings. The minimum atomic E-state index is -6.85. The van der Waals surface area contributed by atoms with Crippen LogP contribution in [0.2, 0.25) is 0 Å². The lowest BCUT2D eigenvalue weighted by molar-refractivity contribution is -0.109. The van der Waals surface area contributed by atoms with Crippen LogP contribution in [0.15, 0.2) is 64.8 Å². The average Bonchev–Trinajstić information content (AvgIpc) is 1.05. The summed E-state index contributed by atoms with van der Waals surface area (Å²) in [5.74, 6) is -4.07. The molecule has 674 valence electrons. The molecule has 52 heteroatoms. The van der Waals surface area contributed by atoms with Gasteiger partial charge in [0.2, 0.25) is 0 Å². The van der Waals surface area contributed by atoms with E-state index in [1.165, 1.54) is 82.8 Å². The van der Waals surface area contributed by atoms with Crippen molar-refractivity contribution >= 4 is 64.4 Å². The van der Waals surface area contributed by atoms with Gasteiger partial charge < -0.3 is 50.0 Å². The number of rotatable bonds is 23. The number of benzene rings is 3. The van der Waals surface area contributed by atoms with Crippen molar-refractivity contribution in [3.05, 3.63) is 100 Å². The summed E-state index contributed by atoms with van der Waals surface area (Å²) in [6.45, 7) is 9.57. The fraction of sp³-hybridized carbons (Fsp3) is 0.641. The Bertz CT molecular complexity index is 3840. The van der Waals surface area contributed by atoms with Gasteiger partial charge in [-0.05, 0) is 104 Å². The molecule has 2 unspecified atom stereocenters. The first-order valence-electron chi connectivity index (χ1n) is 32.9. The Morgan fingerprint density at radius 2 is 0.991 bits per heavy atom. The Morgan fingerprint density at radius 3 is 1.31 bits per heavy atom. The summed E-state index contributed by atoms with van der Waals surface area (Å²) in [5, 5.41) is 32.0. The molecule has 2 aliphatic heterocycles. The average molecular weight is 1810 g/mol. The van der Waals surface area contributed by atoms with Gasteiger partial charge in [0.15, 0.2) is 12.6 Å². The van der Waals surface area contributed by atoms with Crippen LogP contribution in [0.5, 0.6) is 11.5 Å². The summed E-state index contributed by atoms with van der Waals surface area (Å²) in [5.41, 5.74) is -20.1. The molecule has 2 fully saturated rings. The number of aliphatic hydroxyl groups excluding tert-OH is 2. The van der Waals surface area contributed by atoms with E-state index in [-0.39, 0.29) is 49.2 Å². The van der Waals surface area contributed by atoms with Gasteiger partial charge >= 0.3 is 74.6 Å². The second kappa shape index (κ2) is 50.3. The van der Waals surface area contributed by atoms with Crippen LogP contribution < -0.4 is 10.5 Å². The molecule has 116 heavy (non-hydrogen) atoms. The Kier molecular flexibility index (Phi) is 49.1. The second-order valence-electron chi connectivity index (χ2n) is 26.0. The molecule has 3 aliphatic rings. The number of phenolic OH excluding ortho intramolecular Hbond substituents is 1. The predicted octanol–water partition coefficient (Wildman–Crippen LogP) is 12.8. The Hall–Kier alpha value is -6.86. The maximum Gasteiger partial charge on any atom is 0.524 e. The molecule has 5 N–H and O–H groups in total. The number of nitrogens with two attached hydrogens (primary N) is 1. The van der Waals surface area contributed by atoms with Gasteiger partial charge in [-0.2, -0.15) is 86.4 Å². The third-order valence-electron chi connectivity index (χ3n) is 13.2. The summed E-state index contributed by atoms with van der Waals surface area (Å²) in [7, 11) is -16.3. The van der Waals surface area contributed by atoms with E-state index >= 15 is 0 Å². The number of azo groups is 1. The number of carbonyl (C=O) groups is 3. The van der Waals surface area contributed by atoms with E-state index in [2.05, 4.69) is 65.7 Å². The number of halogens is 21. The summed E-state index contributed by atoms with van der Waals surface area (Å²) < 4.78 is 357. The lowest BCUT2D eigenvalue weighted by atomic mass is 10.0. The van der Waals surface area contributed by atoms with Crippen molar-refractivity contribution in [2.45, 2.75) is 151 Å². The maximum atomic E-state index is 14.1. The van der Waals surface area contributed by atoms with E-state index in [1.807, 2.05) is 3.63 Å². The lowest BCUT2D eigenvalue weighted by Crippen LogP contribution is -2.34. The zero-order valence-electron chi connectivity index (χ0n) is 64.2. The topological polar surface area (TPSA) is 368 Å². The van der Waals surface area contributed by atoms with Gasteiger partial charge in [-0.3, -0.25) is 26.8 Å². The number of allylic oxidation sites excluding steroid dienone is 1. The van der Waals surface area contributed by atoms with Gasteiger partial charge in [0.05, 0.1) is 37.2 Å². The van der Waals surface area contributed by atoms with Gasteiger partial charge in [-0.15, -0.1) is 3.63 Å². The highest BCUT2D eigenvalue weighted by molar-refractivity contribution is 8.00. The van der Waals surface area contributed by atoms with E-state index in [1.54, 1.807) is 0 Å². The monoisotopic (exact) mass is 1810 g/mol. The Labute approximate surface area is 656 Å². The summed E-state index contributed by atoms with van der Waals surface area (Å²) in [6, 6.07) is 11.4. The number of likely N-dealkylation sites (tertiary alicyclic amines) is 2. The lowest BCUT2D eigenvalue weighted by Gasteiger charge is -2.19. The first-order chi connectivity index (χ1) is 52.5. The van der Waals surface area contributed by atoms with Gasteiger partial charge in [0, 0.05) is 112 Å². The van der Waals surface area contributed by atoms with Crippen molar-refractivity contribution in [2.75, 3.05) is 115 Å². The number of phenols is 1. The van der Waals surface area contributed by atoms with Crippen LogP contribution in [0.25, 0.3) is 5.57 Å². The molecule has 0 aromatic heterocycles. The number of aromatic hydroxyl groups is 1. The van der Waals surface area contributed by atoms with Crippen molar-refractivity contribution in [3.63, 3.8) is 0 Å². The van der Waals surface area contributed by atoms with E-state index < -0.39 is 152 Å². The van der Waals surface area contributed by atoms with Gasteiger partial charge in [0.1, 0.15) is 71.1 Å². The van der Waals surface area contributed by atoms with E-state index in [4.69, 9.17) is 35.3 Å². The summed E-state index contributed by atoms with van der Waals surface area (Å²) in [4.78, 5) is 38.2. The number of methoxy groups -OCH3 is 2. The minimum Gasteiger partial charge on any atom is -0.508 e. The number of alkyl halides is 17. The highest BCUT2D eigenvalue weighted by Gasteiger charge is 2.57. The molecule has 2 heterocycles. The SMILES string of the molecule is CC(C)(F)CO.CC(C)(F)COS(=O)(=O)C(F)(F)F.CC(C)(F)COS(=O)(=O)C(F)(F)F.CC(N)CC1=CCc2ccccc21.CN(C)C(=O)N=NC(=O)N(C)C.COC(OC)c1c(F)cc(O[C@H]2CCN(CCCF)C2)cc1F.O=Cc1c(F)cc(O)cc1F.O=S(=O)(OS(=O)(=O)C(F)(F)F)C(F)(F)F.OC1CCN(CCCF)C1. The van der Waals surface area contributed by atoms with Crippen LogP contribution in [0, 0.1) is 23.3 Å². The molecule has 0 bridgehead atoms. The van der Waals surface area contributed by atoms with Gasteiger partial charge in [-0.1, -0.05) is 40.6 Å². The van der Waals surface area contributed by atoms with Gasteiger partial charge in [-0.25, -0.2) is 40.3 Å². The molecule has 0 radical (unpaired) electrons. The van der Waals surface area contributed by atoms with Crippen LogP contribution in [0.1, 0.15) is 114 Å². The molecule has 27 nitrogen and oxygen atoms in total. The van der Waals surface area contributed by atoms with Crippen molar-refractivity contribution in [1.29, 1.82) is 0 Å². The number of fused-ring (bicyclic) bond motifs is 1. The fourth-order valence-corrected chi connectivity index (χ4v) is 10.4. The molecule has 2 saturated heterocycles. The molecule has 3 atom stereocenters. The van der Waals surface area contributed by atoms with E-state index in [9.17, 15) is 140 Å². The molecule has 4 amide bonds. The largest absolute Gasteiger partial charge is 0.524 e. The number of carbonyl (C=O) groups excluding carboxylic acids is 3. The third-order valence-corrected chi connectivity index (χ3v) is 17.7. The number of hydrogen-bond acceptors (Lipinski definition) is 23. The van der Waals surface area contributed by atoms with Gasteiger partial charge in [0.25, 0.3) is 0 Å². The number of nitrogens with zero attached hydrogens (tertiary/aromatic N) is 6. The summed E-state index contributed by atoms with van der Waals surface area (Å²) in [6.07, 6.45) is 5.70. The first kappa shape index (κ1) is 113. The van der Waals surface area contributed by atoms with Crippen molar-refractivity contribution in [3.8, 4) is 11.5 Å². The Balaban J connectivity index is -0.00000126. The first-order valence-corrected chi connectivity index (χ1v) is 38.5. The number of amides is 4. The van der Waals surface area contributed by atoms with Crippen molar-refractivity contribution in [2.24, 2.45) is 16.0 Å². The van der Waals surface area contributed by atoms with Crippen LogP contribution in [-0.2, 0) is 68.4 Å².